The van der Waals surface area contributed by atoms with Crippen molar-refractivity contribution in [3.63, 3.8) is 0 Å². The zero-order valence-corrected chi connectivity index (χ0v) is 11.4. The van der Waals surface area contributed by atoms with E-state index in [1.165, 1.54) is 12.3 Å². The number of para-hydroxylation sites is 2. The van der Waals surface area contributed by atoms with Crippen LogP contribution in [0.3, 0.4) is 0 Å². The van der Waals surface area contributed by atoms with Gasteiger partial charge >= 0.3 is 0 Å². The van der Waals surface area contributed by atoms with E-state index in [1.54, 1.807) is 30.1 Å². The van der Waals surface area contributed by atoms with Crippen molar-refractivity contribution in [3.8, 4) is 6.07 Å². The fraction of sp³-hybridized carbons (Fsp3) is 0.0588. The van der Waals surface area contributed by atoms with Gasteiger partial charge in [0.2, 0.25) is 0 Å². The van der Waals surface area contributed by atoms with Crippen LogP contribution in [0.1, 0.15) is 5.56 Å². The van der Waals surface area contributed by atoms with E-state index in [1.807, 2.05) is 24.3 Å². The Morgan fingerprint density at radius 1 is 1.10 bits per heavy atom. The number of fused-ring (bicyclic) bond motifs is 1. The molecule has 0 N–H and O–H groups in total. The SMILES string of the molecule is CN(c1ccccc1F)c1c(C#N)cnc2ccccc12. The van der Waals surface area contributed by atoms with Gasteiger partial charge < -0.3 is 4.90 Å². The van der Waals surface area contributed by atoms with E-state index in [9.17, 15) is 9.65 Å². The molecule has 1 heterocycles. The number of nitriles is 1. The van der Waals surface area contributed by atoms with Crippen molar-refractivity contribution in [2.24, 2.45) is 0 Å². The summed E-state index contributed by atoms with van der Waals surface area (Å²) in [7, 11) is 1.75. The predicted molar refractivity (Wildman–Crippen MR) is 80.9 cm³/mol. The lowest BCUT2D eigenvalue weighted by Crippen LogP contribution is -2.13. The highest BCUT2D eigenvalue weighted by molar-refractivity contribution is 5.96. The molecule has 3 rings (SSSR count). The molecule has 0 fully saturated rings. The number of anilines is 2. The quantitative estimate of drug-likeness (QED) is 0.710. The summed E-state index contributed by atoms with van der Waals surface area (Å²) < 4.78 is 14.0. The molecule has 0 aliphatic heterocycles. The van der Waals surface area contributed by atoms with E-state index in [0.29, 0.717) is 16.9 Å². The van der Waals surface area contributed by atoms with Gasteiger partial charge in [-0.3, -0.25) is 4.98 Å². The second-order valence-electron chi connectivity index (χ2n) is 4.66. The van der Waals surface area contributed by atoms with Crippen LogP contribution in [0.25, 0.3) is 10.9 Å². The van der Waals surface area contributed by atoms with Crippen LogP contribution >= 0.6 is 0 Å². The summed E-state index contributed by atoms with van der Waals surface area (Å²) >= 11 is 0. The molecule has 21 heavy (non-hydrogen) atoms. The van der Waals surface area contributed by atoms with E-state index in [2.05, 4.69) is 11.1 Å². The zero-order valence-electron chi connectivity index (χ0n) is 11.4. The number of hydrogen-bond acceptors (Lipinski definition) is 3. The smallest absolute Gasteiger partial charge is 0.146 e. The molecular weight excluding hydrogens is 265 g/mol. The normalized spacial score (nSPS) is 10.3. The summed E-state index contributed by atoms with van der Waals surface area (Å²) in [6, 6.07) is 16.1. The van der Waals surface area contributed by atoms with E-state index in [0.717, 1.165) is 10.9 Å². The van der Waals surface area contributed by atoms with Gasteiger partial charge in [-0.15, -0.1) is 0 Å². The van der Waals surface area contributed by atoms with Crippen molar-refractivity contribution in [1.29, 1.82) is 5.26 Å². The number of hydrogen-bond donors (Lipinski definition) is 0. The molecule has 0 spiro atoms. The molecule has 0 saturated heterocycles. The van der Waals surface area contributed by atoms with Crippen LogP contribution in [0, 0.1) is 17.1 Å². The Balaban J connectivity index is 2.29. The molecule has 3 aromatic rings. The molecule has 102 valence electrons. The molecule has 0 amide bonds. The molecule has 0 atom stereocenters. The van der Waals surface area contributed by atoms with Crippen molar-refractivity contribution in [2.45, 2.75) is 0 Å². The molecule has 0 bridgehead atoms. The largest absolute Gasteiger partial charge is 0.341 e. The highest BCUT2D eigenvalue weighted by Gasteiger charge is 2.16. The summed E-state index contributed by atoms with van der Waals surface area (Å²) in [5.74, 6) is -0.329. The minimum atomic E-state index is -0.329. The number of rotatable bonds is 2. The first-order valence-electron chi connectivity index (χ1n) is 6.48. The van der Waals surface area contributed by atoms with Crippen LogP contribution in [0.4, 0.5) is 15.8 Å². The van der Waals surface area contributed by atoms with Crippen LogP contribution in [0.5, 0.6) is 0 Å². The Bertz CT molecular complexity index is 852. The summed E-state index contributed by atoms with van der Waals surface area (Å²) in [5, 5.41) is 10.2. The molecule has 0 radical (unpaired) electrons. The van der Waals surface area contributed by atoms with Gasteiger partial charge in [-0.05, 0) is 18.2 Å². The van der Waals surface area contributed by atoms with Gasteiger partial charge in [0.15, 0.2) is 0 Å². The molecular formula is C17H12FN3. The maximum absolute atomic E-state index is 14.0. The Labute approximate surface area is 121 Å². The first kappa shape index (κ1) is 13.1. The third-order valence-electron chi connectivity index (χ3n) is 3.42. The summed E-state index contributed by atoms with van der Waals surface area (Å²) in [5.41, 5.74) is 2.27. The maximum atomic E-state index is 14.0. The van der Waals surface area contributed by atoms with E-state index < -0.39 is 0 Å². The lowest BCUT2D eigenvalue weighted by molar-refractivity contribution is 0.627. The molecule has 0 saturated carbocycles. The molecule has 0 unspecified atom stereocenters. The fourth-order valence-electron chi connectivity index (χ4n) is 2.41. The number of aromatic nitrogens is 1. The molecule has 0 aliphatic rings. The molecule has 3 nitrogen and oxygen atoms in total. The van der Waals surface area contributed by atoms with Gasteiger partial charge in [-0.2, -0.15) is 5.26 Å². The van der Waals surface area contributed by atoms with Gasteiger partial charge in [0.1, 0.15) is 11.9 Å². The van der Waals surface area contributed by atoms with E-state index in [4.69, 9.17) is 0 Å². The summed E-state index contributed by atoms with van der Waals surface area (Å²) in [6.45, 7) is 0. The Kier molecular flexibility index (Phi) is 3.25. The van der Waals surface area contributed by atoms with Crippen molar-refractivity contribution in [1.82, 2.24) is 4.98 Å². The lowest BCUT2D eigenvalue weighted by Gasteiger charge is -2.22. The van der Waals surface area contributed by atoms with Gasteiger partial charge in [-0.25, -0.2) is 4.39 Å². The lowest BCUT2D eigenvalue weighted by atomic mass is 10.1. The van der Waals surface area contributed by atoms with E-state index in [-0.39, 0.29) is 5.82 Å². The second-order valence-corrected chi connectivity index (χ2v) is 4.66. The molecule has 0 aliphatic carbocycles. The number of nitrogens with zero attached hydrogens (tertiary/aromatic N) is 3. The first-order chi connectivity index (χ1) is 10.2. The van der Waals surface area contributed by atoms with Crippen LogP contribution in [0.2, 0.25) is 0 Å². The minimum Gasteiger partial charge on any atom is -0.341 e. The van der Waals surface area contributed by atoms with Crippen LogP contribution in [0.15, 0.2) is 54.7 Å². The van der Waals surface area contributed by atoms with Gasteiger partial charge in [0, 0.05) is 18.6 Å². The standard InChI is InChI=1S/C17H12FN3/c1-21(16-9-5-3-7-14(16)18)17-12(10-19)11-20-15-8-4-2-6-13(15)17/h2-9,11H,1H3. The van der Waals surface area contributed by atoms with E-state index >= 15 is 0 Å². The number of halogens is 1. The topological polar surface area (TPSA) is 39.9 Å². The van der Waals surface area contributed by atoms with Crippen LogP contribution in [-0.2, 0) is 0 Å². The summed E-state index contributed by atoms with van der Waals surface area (Å²) in [6.07, 6.45) is 1.52. The highest BCUT2D eigenvalue weighted by atomic mass is 19.1. The Morgan fingerprint density at radius 3 is 2.57 bits per heavy atom. The minimum absolute atomic E-state index is 0.329. The number of benzene rings is 2. The molecule has 4 heteroatoms. The molecule has 2 aromatic carbocycles. The van der Waals surface area contributed by atoms with Crippen molar-refractivity contribution in [2.75, 3.05) is 11.9 Å². The zero-order chi connectivity index (χ0) is 14.8. The average molecular weight is 277 g/mol. The Morgan fingerprint density at radius 2 is 1.81 bits per heavy atom. The third-order valence-corrected chi connectivity index (χ3v) is 3.42. The molecule has 1 aromatic heterocycles. The van der Waals surface area contributed by atoms with Gasteiger partial charge in [0.25, 0.3) is 0 Å². The first-order valence-corrected chi connectivity index (χ1v) is 6.48. The predicted octanol–water partition coefficient (Wildman–Crippen LogP) is 4.01. The van der Waals surface area contributed by atoms with Crippen LogP contribution < -0.4 is 4.90 Å². The van der Waals surface area contributed by atoms with Gasteiger partial charge in [-0.1, -0.05) is 30.3 Å². The van der Waals surface area contributed by atoms with Crippen molar-refractivity contribution < 1.29 is 4.39 Å². The van der Waals surface area contributed by atoms with Gasteiger partial charge in [0.05, 0.1) is 22.5 Å². The van der Waals surface area contributed by atoms with Crippen LogP contribution in [-0.4, -0.2) is 12.0 Å². The average Bonchev–Trinajstić information content (AvgIpc) is 2.53. The summed E-state index contributed by atoms with van der Waals surface area (Å²) in [4.78, 5) is 5.96. The van der Waals surface area contributed by atoms with Crippen molar-refractivity contribution in [3.05, 3.63) is 66.1 Å². The highest BCUT2D eigenvalue weighted by Crippen LogP contribution is 2.34. The maximum Gasteiger partial charge on any atom is 0.146 e. The monoisotopic (exact) mass is 277 g/mol. The van der Waals surface area contributed by atoms with Crippen molar-refractivity contribution >= 4 is 22.3 Å². The third kappa shape index (κ3) is 2.19. The second kappa shape index (κ2) is 5.22. The fourth-order valence-corrected chi connectivity index (χ4v) is 2.41. The number of pyridine rings is 1. The Hall–Kier alpha value is -2.93.